The highest BCUT2D eigenvalue weighted by atomic mass is 32.2. The molecule has 9 heteroatoms. The van der Waals surface area contributed by atoms with Crippen molar-refractivity contribution >= 4 is 27.3 Å². The number of carbonyl (C=O) groups excluding carboxylic acids is 1. The highest BCUT2D eigenvalue weighted by Crippen LogP contribution is 2.37. The Labute approximate surface area is 161 Å². The molecule has 3 rings (SSSR count). The van der Waals surface area contributed by atoms with E-state index < -0.39 is 27.9 Å². The van der Waals surface area contributed by atoms with Crippen molar-refractivity contribution < 1.29 is 23.2 Å². The van der Waals surface area contributed by atoms with Gasteiger partial charge in [-0.2, -0.15) is 4.31 Å². The van der Waals surface area contributed by atoms with E-state index in [1.165, 1.54) is 30.6 Å². The molecule has 1 aromatic carbocycles. The third-order valence-electron chi connectivity index (χ3n) is 4.65. The summed E-state index contributed by atoms with van der Waals surface area (Å²) in [5, 5.41) is 11.1. The van der Waals surface area contributed by atoms with Gasteiger partial charge in [-0.05, 0) is 47.7 Å². The predicted octanol–water partition coefficient (Wildman–Crippen LogP) is 2.15. The first-order valence-corrected chi connectivity index (χ1v) is 10.5. The first-order chi connectivity index (χ1) is 12.9. The molecule has 0 saturated heterocycles. The Balaban J connectivity index is 2.09. The number of methoxy groups -OCH3 is 1. The number of sulfonamides is 1. The number of nitrogens with one attached hydrogen (secondary N) is 1. The van der Waals surface area contributed by atoms with Gasteiger partial charge in [-0.15, -0.1) is 17.9 Å². The minimum absolute atomic E-state index is 0.0482. The predicted molar refractivity (Wildman–Crippen MR) is 102 cm³/mol. The monoisotopic (exact) mass is 408 g/mol. The lowest BCUT2D eigenvalue weighted by Gasteiger charge is -2.31. The summed E-state index contributed by atoms with van der Waals surface area (Å²) in [6.45, 7) is 3.90. The fraction of sp³-hybridized carbons (Fsp3) is 0.278. The number of rotatable bonds is 5. The number of ether oxygens (including phenoxy) is 1. The van der Waals surface area contributed by atoms with Crippen molar-refractivity contribution in [3.05, 3.63) is 58.8 Å². The largest absolute Gasteiger partial charge is 0.497 e. The second-order valence-electron chi connectivity index (χ2n) is 6.02. The van der Waals surface area contributed by atoms with E-state index in [2.05, 4.69) is 6.58 Å². The molecule has 0 fully saturated rings. The fourth-order valence-corrected chi connectivity index (χ4v) is 5.86. The van der Waals surface area contributed by atoms with E-state index in [-0.39, 0.29) is 11.4 Å². The Bertz CT molecular complexity index is 937. The van der Waals surface area contributed by atoms with Gasteiger partial charge in [0.05, 0.1) is 12.0 Å². The summed E-state index contributed by atoms with van der Waals surface area (Å²) in [5.41, 5.74) is 2.47. The zero-order valence-corrected chi connectivity index (χ0v) is 16.3. The van der Waals surface area contributed by atoms with Crippen molar-refractivity contribution in [2.75, 3.05) is 13.7 Å². The Kier molecular flexibility index (Phi) is 5.66. The molecule has 1 aliphatic rings. The number of thiophene rings is 1. The van der Waals surface area contributed by atoms with Crippen LogP contribution in [0.4, 0.5) is 0 Å². The number of fused-ring (bicyclic) bond motifs is 1. The van der Waals surface area contributed by atoms with Crippen molar-refractivity contribution in [2.24, 2.45) is 0 Å². The normalized spacial score (nSPS) is 20.4. The second-order valence-corrected chi connectivity index (χ2v) is 8.91. The Morgan fingerprint density at radius 1 is 1.37 bits per heavy atom. The van der Waals surface area contributed by atoms with Gasteiger partial charge >= 0.3 is 0 Å². The summed E-state index contributed by atoms with van der Waals surface area (Å²) in [6, 6.07) is 6.70. The van der Waals surface area contributed by atoms with Crippen LogP contribution in [0.15, 0.2) is 53.3 Å². The molecule has 0 bridgehead atoms. The molecule has 0 radical (unpaired) electrons. The van der Waals surface area contributed by atoms with Crippen LogP contribution in [0.5, 0.6) is 5.75 Å². The molecular formula is C18H20N2O5S2. The van der Waals surface area contributed by atoms with Crippen molar-refractivity contribution in [3.63, 3.8) is 0 Å². The minimum Gasteiger partial charge on any atom is -0.497 e. The average molecular weight is 409 g/mol. The van der Waals surface area contributed by atoms with Crippen LogP contribution in [0.3, 0.4) is 0 Å². The first kappa shape index (κ1) is 19.6. The lowest BCUT2D eigenvalue weighted by atomic mass is 9.92. The Hall–Kier alpha value is -2.20. The Morgan fingerprint density at radius 3 is 2.67 bits per heavy atom. The van der Waals surface area contributed by atoms with Gasteiger partial charge in [0.15, 0.2) is 0 Å². The summed E-state index contributed by atoms with van der Waals surface area (Å²) >= 11 is 1.51. The summed E-state index contributed by atoms with van der Waals surface area (Å²) in [5.74, 6) is -0.842. The molecule has 0 spiro atoms. The molecule has 0 saturated carbocycles. The first-order valence-electron chi connectivity index (χ1n) is 8.22. The van der Waals surface area contributed by atoms with Crippen LogP contribution in [0.1, 0.15) is 16.4 Å². The third kappa shape index (κ3) is 3.51. The summed E-state index contributed by atoms with van der Waals surface area (Å²) < 4.78 is 32.8. The molecule has 2 atom stereocenters. The number of nitrogens with zero attached hydrogens (tertiary/aromatic N) is 1. The van der Waals surface area contributed by atoms with Crippen LogP contribution in [0.25, 0.3) is 0 Å². The number of benzene rings is 1. The third-order valence-corrected chi connectivity index (χ3v) is 7.54. The van der Waals surface area contributed by atoms with Gasteiger partial charge in [-0.25, -0.2) is 13.9 Å². The molecule has 1 aliphatic heterocycles. The molecule has 2 N–H and O–H groups in total. The lowest BCUT2D eigenvalue weighted by Crippen LogP contribution is -2.51. The molecule has 1 aromatic heterocycles. The van der Waals surface area contributed by atoms with Gasteiger partial charge < -0.3 is 4.74 Å². The van der Waals surface area contributed by atoms with E-state index in [9.17, 15) is 18.4 Å². The highest BCUT2D eigenvalue weighted by Gasteiger charge is 2.43. The second kappa shape index (κ2) is 7.81. The van der Waals surface area contributed by atoms with E-state index in [0.717, 1.165) is 14.7 Å². The number of hydrogen-bond donors (Lipinski definition) is 2. The van der Waals surface area contributed by atoms with Crippen LogP contribution in [-0.2, 0) is 21.2 Å². The quantitative estimate of drug-likeness (QED) is 0.449. The van der Waals surface area contributed by atoms with Crippen molar-refractivity contribution in [1.29, 1.82) is 0 Å². The van der Waals surface area contributed by atoms with Gasteiger partial charge in [-0.3, -0.25) is 10.0 Å². The lowest BCUT2D eigenvalue weighted by molar-refractivity contribution is -0.133. The smallest absolute Gasteiger partial charge is 0.262 e. The van der Waals surface area contributed by atoms with E-state index in [4.69, 9.17) is 4.74 Å². The molecule has 0 unspecified atom stereocenters. The summed E-state index contributed by atoms with van der Waals surface area (Å²) in [4.78, 5) is 13.5. The van der Waals surface area contributed by atoms with Crippen LogP contribution in [0, 0.1) is 0 Å². The SMILES string of the molecule is C=C[C@H]1c2ccsc2CCN(S(=O)(=O)c2ccc(OC)cc2)[C@H]1C(=O)NO. The maximum absolute atomic E-state index is 13.3. The number of amides is 1. The van der Waals surface area contributed by atoms with E-state index in [0.29, 0.717) is 12.2 Å². The van der Waals surface area contributed by atoms with Crippen LogP contribution in [0.2, 0.25) is 0 Å². The van der Waals surface area contributed by atoms with Gasteiger partial charge in [0.1, 0.15) is 11.8 Å². The minimum atomic E-state index is -3.99. The van der Waals surface area contributed by atoms with E-state index >= 15 is 0 Å². The highest BCUT2D eigenvalue weighted by molar-refractivity contribution is 7.89. The van der Waals surface area contributed by atoms with Crippen LogP contribution < -0.4 is 10.2 Å². The molecule has 27 heavy (non-hydrogen) atoms. The topological polar surface area (TPSA) is 95.9 Å². The Morgan fingerprint density at radius 2 is 2.07 bits per heavy atom. The van der Waals surface area contributed by atoms with Crippen molar-refractivity contribution in [1.82, 2.24) is 9.79 Å². The number of carbonyl (C=O) groups is 1. The molecule has 0 aliphatic carbocycles. The van der Waals surface area contributed by atoms with Gasteiger partial charge in [0.2, 0.25) is 10.0 Å². The average Bonchev–Trinajstić information content (AvgIpc) is 3.08. The van der Waals surface area contributed by atoms with Gasteiger partial charge in [-0.1, -0.05) is 6.08 Å². The van der Waals surface area contributed by atoms with Gasteiger partial charge in [0, 0.05) is 17.3 Å². The van der Waals surface area contributed by atoms with Crippen molar-refractivity contribution in [2.45, 2.75) is 23.3 Å². The molecule has 144 valence electrons. The molecule has 2 aromatic rings. The van der Waals surface area contributed by atoms with Gasteiger partial charge in [0.25, 0.3) is 5.91 Å². The zero-order chi connectivity index (χ0) is 19.6. The maximum atomic E-state index is 13.3. The summed E-state index contributed by atoms with van der Waals surface area (Å²) in [7, 11) is -2.50. The maximum Gasteiger partial charge on any atom is 0.262 e. The zero-order valence-electron chi connectivity index (χ0n) is 14.7. The fourth-order valence-electron chi connectivity index (χ4n) is 3.32. The molecule has 1 amide bonds. The number of hydrogen-bond acceptors (Lipinski definition) is 6. The van der Waals surface area contributed by atoms with E-state index in [1.54, 1.807) is 23.7 Å². The standard InChI is InChI=1S/C18H20N2O5S2/c1-3-14-15-9-11-26-16(15)8-10-20(17(14)18(21)19-22)27(23,24)13-6-4-12(25-2)5-7-13/h3-7,9,11,14,17,22H,1,8,10H2,2H3,(H,19,21)/t14-,17+/m0/s1. The number of hydroxylamine groups is 1. The molecular weight excluding hydrogens is 388 g/mol. The van der Waals surface area contributed by atoms with Crippen LogP contribution >= 0.6 is 11.3 Å². The van der Waals surface area contributed by atoms with Crippen LogP contribution in [-0.4, -0.2) is 43.5 Å². The molecule has 2 heterocycles. The molecule has 7 nitrogen and oxygen atoms in total. The van der Waals surface area contributed by atoms with Crippen molar-refractivity contribution in [3.8, 4) is 5.75 Å². The summed E-state index contributed by atoms with van der Waals surface area (Å²) in [6.07, 6.45) is 2.02. The van der Waals surface area contributed by atoms with E-state index in [1.807, 2.05) is 11.4 Å².